The molecule has 0 spiro atoms. The van der Waals surface area contributed by atoms with Crippen molar-refractivity contribution in [2.45, 2.75) is 25.1 Å². The molecule has 0 unspecified atom stereocenters. The molecule has 6 rings (SSSR count). The molecule has 2 aliphatic heterocycles. The van der Waals surface area contributed by atoms with Crippen LogP contribution in [0.4, 0.5) is 13.2 Å². The summed E-state index contributed by atoms with van der Waals surface area (Å²) >= 11 is 9.09. The molecule has 194 valence electrons. The molecule has 0 radical (unpaired) electrons. The third-order valence-corrected chi connectivity index (χ3v) is 8.05. The number of aromatic nitrogens is 4. The first-order chi connectivity index (χ1) is 18.4. The van der Waals surface area contributed by atoms with Gasteiger partial charge in [-0.15, -0.1) is 22.7 Å². The van der Waals surface area contributed by atoms with Crippen molar-refractivity contribution in [3.8, 4) is 0 Å². The van der Waals surface area contributed by atoms with Gasteiger partial charge in [0.2, 0.25) is 0 Å². The summed E-state index contributed by atoms with van der Waals surface area (Å²) in [6.45, 7) is -2.46. The van der Waals surface area contributed by atoms with Gasteiger partial charge in [0.1, 0.15) is 11.9 Å². The molecular formula is C24H17ClF3N7OS2. The Morgan fingerprint density at radius 1 is 1.16 bits per heavy atom. The van der Waals surface area contributed by atoms with Crippen LogP contribution in [0.2, 0.25) is 5.02 Å². The standard InChI is InChI=1S/C24H17ClF3N7OS2/c25-15-9-12(26)1-2-14(15)19-18(16-3-6-35(33-16)24(27)28)17-10-13(31-21(36)23-30-5-8-38-23)11-34(17)20(32-19)22-29-4-7-37-22/h1-9,13,19,24H,10-11H2,(H,31,36)/t13-,19-/m0/s1. The molecular weight excluding hydrogens is 559 g/mol. The Bertz CT molecular complexity index is 1550. The van der Waals surface area contributed by atoms with E-state index in [0.29, 0.717) is 44.6 Å². The SMILES string of the molecule is O=C(N[C@H]1CC2=C(c3ccn(C(F)F)n3)[C@H](c3ccc(F)cc3Cl)N=C(c3nccs3)N2C1)c1nccs1. The summed E-state index contributed by atoms with van der Waals surface area (Å²) < 4.78 is 41.4. The molecule has 0 bridgehead atoms. The van der Waals surface area contributed by atoms with Gasteiger partial charge in [-0.1, -0.05) is 17.7 Å². The van der Waals surface area contributed by atoms with Crippen molar-refractivity contribution in [2.75, 3.05) is 6.54 Å². The average Bonchev–Trinajstić information content (AvgIpc) is 3.70. The number of hydrogen-bond acceptors (Lipinski definition) is 8. The summed E-state index contributed by atoms with van der Waals surface area (Å²) in [4.78, 5) is 28.2. The van der Waals surface area contributed by atoms with Gasteiger partial charge in [-0.3, -0.25) is 9.79 Å². The second-order valence-corrected chi connectivity index (χ2v) is 10.7. The maximum Gasteiger partial charge on any atom is 0.333 e. The minimum atomic E-state index is -2.83. The summed E-state index contributed by atoms with van der Waals surface area (Å²) in [6.07, 6.45) is 4.77. The lowest BCUT2D eigenvalue weighted by molar-refractivity contribution is 0.0564. The molecule has 5 heterocycles. The van der Waals surface area contributed by atoms with Crippen LogP contribution in [0.15, 0.2) is 64.3 Å². The molecule has 0 aliphatic carbocycles. The van der Waals surface area contributed by atoms with Gasteiger partial charge in [0, 0.05) is 64.2 Å². The number of amidine groups is 1. The van der Waals surface area contributed by atoms with Crippen molar-refractivity contribution >= 4 is 51.6 Å². The third-order valence-electron chi connectivity index (χ3n) is 6.19. The van der Waals surface area contributed by atoms with Crippen molar-refractivity contribution in [3.63, 3.8) is 0 Å². The maximum absolute atomic E-state index is 13.9. The van der Waals surface area contributed by atoms with Crippen molar-refractivity contribution in [1.82, 2.24) is 30.0 Å². The Morgan fingerprint density at radius 2 is 1.97 bits per heavy atom. The minimum Gasteiger partial charge on any atom is -0.345 e. The number of alkyl halides is 2. The number of thiazole rings is 2. The van der Waals surface area contributed by atoms with E-state index >= 15 is 0 Å². The van der Waals surface area contributed by atoms with E-state index < -0.39 is 18.4 Å². The van der Waals surface area contributed by atoms with Crippen LogP contribution in [-0.4, -0.2) is 49.0 Å². The largest absolute Gasteiger partial charge is 0.345 e. The van der Waals surface area contributed by atoms with Crippen molar-refractivity contribution in [3.05, 3.63) is 91.4 Å². The van der Waals surface area contributed by atoms with Gasteiger partial charge in [-0.05, 0) is 18.2 Å². The lowest BCUT2D eigenvalue weighted by Gasteiger charge is -2.32. The highest BCUT2D eigenvalue weighted by molar-refractivity contribution is 7.12. The minimum absolute atomic E-state index is 0.142. The molecule has 1 fully saturated rings. The van der Waals surface area contributed by atoms with Gasteiger partial charge in [-0.2, -0.15) is 13.9 Å². The fourth-order valence-electron chi connectivity index (χ4n) is 4.63. The third kappa shape index (κ3) is 4.50. The van der Waals surface area contributed by atoms with E-state index in [1.807, 2.05) is 10.3 Å². The molecule has 1 aromatic carbocycles. The van der Waals surface area contributed by atoms with E-state index in [1.165, 1.54) is 53.1 Å². The lowest BCUT2D eigenvalue weighted by atomic mass is 9.92. The predicted octanol–water partition coefficient (Wildman–Crippen LogP) is 5.40. The molecule has 3 aromatic heterocycles. The number of rotatable bonds is 6. The van der Waals surface area contributed by atoms with Gasteiger partial charge < -0.3 is 10.2 Å². The van der Waals surface area contributed by atoms with E-state index in [9.17, 15) is 18.0 Å². The molecule has 1 N–H and O–H groups in total. The van der Waals surface area contributed by atoms with Gasteiger partial charge in [-0.25, -0.2) is 19.0 Å². The first-order valence-electron chi connectivity index (χ1n) is 11.4. The predicted molar refractivity (Wildman–Crippen MR) is 138 cm³/mol. The number of fused-ring (bicyclic) bond motifs is 1. The molecule has 2 aliphatic rings. The highest BCUT2D eigenvalue weighted by atomic mass is 35.5. The second-order valence-electron chi connectivity index (χ2n) is 8.50. The summed E-state index contributed by atoms with van der Waals surface area (Å²) in [5.41, 5.74) is 2.06. The summed E-state index contributed by atoms with van der Waals surface area (Å²) in [6, 6.07) is 4.37. The maximum atomic E-state index is 13.9. The Balaban J connectivity index is 1.49. The normalized spacial score (nSPS) is 19.2. The quantitative estimate of drug-likeness (QED) is 0.333. The van der Waals surface area contributed by atoms with Crippen LogP contribution in [0, 0.1) is 5.82 Å². The van der Waals surface area contributed by atoms with Gasteiger partial charge in [0.25, 0.3) is 5.91 Å². The van der Waals surface area contributed by atoms with Crippen LogP contribution in [0.5, 0.6) is 0 Å². The molecule has 1 amide bonds. The number of aliphatic imine (C=N–C) groups is 1. The lowest BCUT2D eigenvalue weighted by Crippen LogP contribution is -2.39. The average molecular weight is 576 g/mol. The molecule has 38 heavy (non-hydrogen) atoms. The summed E-state index contributed by atoms with van der Waals surface area (Å²) in [5, 5.41) is 11.8. The fraction of sp³-hybridized carbons (Fsp3) is 0.208. The first-order valence-corrected chi connectivity index (χ1v) is 13.5. The zero-order valence-electron chi connectivity index (χ0n) is 19.3. The Labute approximate surface area is 227 Å². The van der Waals surface area contributed by atoms with E-state index in [-0.39, 0.29) is 22.7 Å². The molecule has 2 atom stereocenters. The highest BCUT2D eigenvalue weighted by Crippen LogP contribution is 2.46. The van der Waals surface area contributed by atoms with E-state index in [4.69, 9.17) is 16.6 Å². The zero-order chi connectivity index (χ0) is 26.4. The molecule has 8 nitrogen and oxygen atoms in total. The number of carbonyl (C=O) groups is 1. The Kier molecular flexibility index (Phi) is 6.50. The zero-order valence-corrected chi connectivity index (χ0v) is 21.7. The number of hydrogen-bond donors (Lipinski definition) is 1. The van der Waals surface area contributed by atoms with Gasteiger partial charge >= 0.3 is 6.55 Å². The molecule has 4 aromatic rings. The van der Waals surface area contributed by atoms with E-state index in [1.54, 1.807) is 17.8 Å². The second kappa shape index (κ2) is 9.97. The Morgan fingerprint density at radius 3 is 2.66 bits per heavy atom. The van der Waals surface area contributed by atoms with Crippen LogP contribution in [0.25, 0.3) is 5.57 Å². The number of benzene rings is 1. The molecule has 0 saturated carbocycles. The van der Waals surface area contributed by atoms with E-state index in [2.05, 4.69) is 20.4 Å². The van der Waals surface area contributed by atoms with Crippen LogP contribution in [0.3, 0.4) is 0 Å². The Hall–Kier alpha value is -3.55. The van der Waals surface area contributed by atoms with Crippen molar-refractivity contribution < 1.29 is 18.0 Å². The molecule has 1 saturated heterocycles. The topological polar surface area (TPSA) is 88.3 Å². The van der Waals surface area contributed by atoms with Crippen molar-refractivity contribution in [1.29, 1.82) is 0 Å². The van der Waals surface area contributed by atoms with Crippen molar-refractivity contribution in [2.24, 2.45) is 4.99 Å². The van der Waals surface area contributed by atoms with Gasteiger partial charge in [0.15, 0.2) is 15.9 Å². The van der Waals surface area contributed by atoms with Gasteiger partial charge in [0.05, 0.1) is 11.7 Å². The van der Waals surface area contributed by atoms with Crippen LogP contribution in [0.1, 0.15) is 45.1 Å². The number of carbonyl (C=O) groups excluding carboxylic acids is 1. The number of nitrogens with zero attached hydrogens (tertiary/aromatic N) is 6. The monoisotopic (exact) mass is 575 g/mol. The summed E-state index contributed by atoms with van der Waals surface area (Å²) in [7, 11) is 0. The molecule has 14 heteroatoms. The highest BCUT2D eigenvalue weighted by Gasteiger charge is 2.41. The van der Waals surface area contributed by atoms with Crippen LogP contribution in [-0.2, 0) is 0 Å². The van der Waals surface area contributed by atoms with Crippen LogP contribution < -0.4 is 5.32 Å². The van der Waals surface area contributed by atoms with Crippen LogP contribution >= 0.6 is 34.3 Å². The fourth-order valence-corrected chi connectivity index (χ4v) is 6.08. The number of nitrogens with one attached hydrogen (secondary N) is 1. The van der Waals surface area contributed by atoms with E-state index in [0.717, 1.165) is 5.70 Å². The first kappa shape index (κ1) is 24.8. The number of amides is 1. The summed E-state index contributed by atoms with van der Waals surface area (Å²) in [5.74, 6) is -0.273. The number of halogens is 4. The smallest absolute Gasteiger partial charge is 0.333 e.